The van der Waals surface area contributed by atoms with E-state index in [-0.39, 0.29) is 6.54 Å². The Bertz CT molecular complexity index is 474. The summed E-state index contributed by atoms with van der Waals surface area (Å²) in [5.74, 6) is -1.37. The smallest absolute Gasteiger partial charge is 0.256 e. The molecule has 1 atom stereocenters. The molecule has 1 N–H and O–H groups in total. The molecule has 1 aliphatic heterocycles. The summed E-state index contributed by atoms with van der Waals surface area (Å²) < 4.78 is 0. The number of carbonyl (C=O) groups is 3. The highest BCUT2D eigenvalue weighted by Crippen LogP contribution is 2.10. The van der Waals surface area contributed by atoms with Crippen molar-refractivity contribution in [3.63, 3.8) is 0 Å². The number of hydrogen-bond acceptors (Lipinski definition) is 5. The van der Waals surface area contributed by atoms with Gasteiger partial charge in [0.1, 0.15) is 12.6 Å². The van der Waals surface area contributed by atoms with Gasteiger partial charge in [-0.15, -0.1) is 0 Å². The van der Waals surface area contributed by atoms with Gasteiger partial charge in [0.15, 0.2) is 0 Å². The van der Waals surface area contributed by atoms with Crippen LogP contribution in [-0.2, 0) is 9.59 Å². The minimum atomic E-state index is -0.673. The van der Waals surface area contributed by atoms with Crippen molar-refractivity contribution in [2.45, 2.75) is 13.0 Å². The highest BCUT2D eigenvalue weighted by molar-refractivity contribution is 6.06. The third-order valence-electron chi connectivity index (χ3n) is 2.52. The zero-order chi connectivity index (χ0) is 12.4. The van der Waals surface area contributed by atoms with Crippen LogP contribution in [0, 0.1) is 0 Å². The van der Waals surface area contributed by atoms with E-state index in [0.717, 1.165) is 0 Å². The number of piperazine rings is 1. The summed E-state index contributed by atoms with van der Waals surface area (Å²) in [5, 5.41) is 9.30. The van der Waals surface area contributed by atoms with Crippen LogP contribution in [0.3, 0.4) is 0 Å². The zero-order valence-corrected chi connectivity index (χ0v) is 9.08. The van der Waals surface area contributed by atoms with E-state index in [1.54, 1.807) is 6.92 Å². The van der Waals surface area contributed by atoms with Gasteiger partial charge in [-0.25, -0.2) is 0 Å². The molecule has 1 aromatic rings. The Kier molecular flexibility index (Phi) is 2.82. The molecule has 1 fully saturated rings. The zero-order valence-electron chi connectivity index (χ0n) is 9.08. The number of imide groups is 1. The monoisotopic (exact) mass is 234 g/mol. The van der Waals surface area contributed by atoms with Gasteiger partial charge in [-0.1, -0.05) is 0 Å². The Balaban J connectivity index is 2.24. The fraction of sp³-hybridized carbons (Fsp3) is 0.300. The average Bonchev–Trinajstić information content (AvgIpc) is 2.34. The second-order valence-corrected chi connectivity index (χ2v) is 3.65. The fourth-order valence-corrected chi connectivity index (χ4v) is 1.55. The Morgan fingerprint density at radius 1 is 1.47 bits per heavy atom. The molecule has 0 saturated carbocycles. The minimum Gasteiger partial charge on any atom is -0.318 e. The Morgan fingerprint density at radius 3 is 2.88 bits per heavy atom. The van der Waals surface area contributed by atoms with E-state index in [0.29, 0.717) is 5.56 Å². The standard InChI is InChI=1S/C10H10N4O3/c1-6-9(16)13-8(15)5-14(6)10(17)7-2-3-11-12-4-7/h2-4,6H,5H2,1H3,(H,13,15,16). The van der Waals surface area contributed by atoms with Crippen molar-refractivity contribution in [1.82, 2.24) is 20.4 Å². The van der Waals surface area contributed by atoms with Gasteiger partial charge in [0.2, 0.25) is 11.8 Å². The molecule has 0 aromatic carbocycles. The van der Waals surface area contributed by atoms with Crippen molar-refractivity contribution >= 4 is 17.7 Å². The van der Waals surface area contributed by atoms with Crippen LogP contribution >= 0.6 is 0 Å². The second kappa shape index (κ2) is 4.28. The van der Waals surface area contributed by atoms with Crippen LogP contribution in [-0.4, -0.2) is 45.4 Å². The highest BCUT2D eigenvalue weighted by Gasteiger charge is 2.33. The molecule has 88 valence electrons. The lowest BCUT2D eigenvalue weighted by molar-refractivity contribution is -0.138. The summed E-state index contributed by atoms with van der Waals surface area (Å²) in [5.41, 5.74) is 0.300. The van der Waals surface area contributed by atoms with Gasteiger partial charge in [0, 0.05) is 0 Å². The topological polar surface area (TPSA) is 92.3 Å². The van der Waals surface area contributed by atoms with Gasteiger partial charge in [-0.2, -0.15) is 10.2 Å². The van der Waals surface area contributed by atoms with Crippen LogP contribution in [0.15, 0.2) is 18.5 Å². The van der Waals surface area contributed by atoms with Crippen LogP contribution < -0.4 is 5.32 Å². The first kappa shape index (κ1) is 11.2. The van der Waals surface area contributed by atoms with Crippen LogP contribution in [0.2, 0.25) is 0 Å². The molecule has 7 heteroatoms. The van der Waals surface area contributed by atoms with Crippen LogP contribution in [0.4, 0.5) is 0 Å². The molecule has 0 aliphatic carbocycles. The van der Waals surface area contributed by atoms with Gasteiger partial charge in [0.05, 0.1) is 18.0 Å². The first-order valence-corrected chi connectivity index (χ1v) is 5.01. The van der Waals surface area contributed by atoms with E-state index in [9.17, 15) is 14.4 Å². The van der Waals surface area contributed by atoms with Crippen molar-refractivity contribution < 1.29 is 14.4 Å². The predicted octanol–water partition coefficient (Wildman–Crippen LogP) is -1.04. The normalized spacial score (nSPS) is 20.1. The summed E-state index contributed by atoms with van der Waals surface area (Å²) in [4.78, 5) is 35.8. The van der Waals surface area contributed by atoms with Crippen molar-refractivity contribution in [2.24, 2.45) is 0 Å². The molecule has 0 bridgehead atoms. The molecule has 1 aromatic heterocycles. The van der Waals surface area contributed by atoms with E-state index in [2.05, 4.69) is 15.5 Å². The SMILES string of the molecule is CC1C(=O)NC(=O)CN1C(=O)c1ccnnc1. The number of aromatic nitrogens is 2. The predicted molar refractivity (Wildman–Crippen MR) is 55.7 cm³/mol. The number of nitrogens with zero attached hydrogens (tertiary/aromatic N) is 3. The number of nitrogens with one attached hydrogen (secondary N) is 1. The summed E-state index contributed by atoms with van der Waals surface area (Å²) in [7, 11) is 0. The van der Waals surface area contributed by atoms with Crippen molar-refractivity contribution in [3.05, 3.63) is 24.0 Å². The maximum atomic E-state index is 12.0. The number of rotatable bonds is 1. The van der Waals surface area contributed by atoms with Gasteiger partial charge < -0.3 is 4.90 Å². The largest absolute Gasteiger partial charge is 0.318 e. The Hall–Kier alpha value is -2.31. The maximum absolute atomic E-state index is 12.0. The summed E-state index contributed by atoms with van der Waals surface area (Å²) in [6.45, 7) is 1.43. The Morgan fingerprint density at radius 2 is 2.24 bits per heavy atom. The molecular formula is C10H10N4O3. The molecular weight excluding hydrogens is 224 g/mol. The average molecular weight is 234 g/mol. The quantitative estimate of drug-likeness (QED) is 0.627. The lowest BCUT2D eigenvalue weighted by atomic mass is 10.1. The maximum Gasteiger partial charge on any atom is 0.256 e. The number of amides is 3. The van der Waals surface area contributed by atoms with Gasteiger partial charge in [-0.3, -0.25) is 19.7 Å². The molecule has 17 heavy (non-hydrogen) atoms. The molecule has 0 spiro atoms. The lowest BCUT2D eigenvalue weighted by Gasteiger charge is -2.31. The van der Waals surface area contributed by atoms with Crippen LogP contribution in [0.25, 0.3) is 0 Å². The number of carbonyl (C=O) groups excluding carboxylic acids is 3. The molecule has 2 heterocycles. The van der Waals surface area contributed by atoms with Crippen molar-refractivity contribution in [3.8, 4) is 0 Å². The fourth-order valence-electron chi connectivity index (χ4n) is 1.55. The van der Waals surface area contributed by atoms with Gasteiger partial charge >= 0.3 is 0 Å². The molecule has 2 rings (SSSR count). The van der Waals surface area contributed by atoms with Crippen LogP contribution in [0.1, 0.15) is 17.3 Å². The number of hydrogen-bond donors (Lipinski definition) is 1. The third kappa shape index (κ3) is 2.12. The second-order valence-electron chi connectivity index (χ2n) is 3.65. The highest BCUT2D eigenvalue weighted by atomic mass is 16.2. The lowest BCUT2D eigenvalue weighted by Crippen LogP contribution is -2.58. The van der Waals surface area contributed by atoms with E-state index in [1.807, 2.05) is 0 Å². The molecule has 7 nitrogen and oxygen atoms in total. The first-order valence-electron chi connectivity index (χ1n) is 5.01. The summed E-state index contributed by atoms with van der Waals surface area (Å²) in [6.07, 6.45) is 2.68. The van der Waals surface area contributed by atoms with E-state index in [4.69, 9.17) is 0 Å². The molecule has 1 saturated heterocycles. The first-order chi connectivity index (χ1) is 8.09. The van der Waals surface area contributed by atoms with Gasteiger partial charge in [-0.05, 0) is 13.0 Å². The summed E-state index contributed by atoms with van der Waals surface area (Å²) in [6, 6.07) is 0.812. The van der Waals surface area contributed by atoms with Crippen molar-refractivity contribution in [1.29, 1.82) is 0 Å². The molecule has 3 amide bonds. The molecule has 1 unspecified atom stereocenters. The van der Waals surface area contributed by atoms with E-state index in [1.165, 1.54) is 23.4 Å². The molecule has 0 radical (unpaired) electrons. The molecule has 1 aliphatic rings. The third-order valence-corrected chi connectivity index (χ3v) is 2.52. The van der Waals surface area contributed by atoms with Crippen molar-refractivity contribution in [2.75, 3.05) is 6.54 Å². The van der Waals surface area contributed by atoms with Gasteiger partial charge in [0.25, 0.3) is 5.91 Å². The van der Waals surface area contributed by atoms with E-state index >= 15 is 0 Å². The van der Waals surface area contributed by atoms with Crippen LogP contribution in [0.5, 0.6) is 0 Å². The van der Waals surface area contributed by atoms with E-state index < -0.39 is 23.8 Å². The Labute approximate surface area is 96.8 Å². The summed E-state index contributed by atoms with van der Waals surface area (Å²) >= 11 is 0. The minimum absolute atomic E-state index is 0.131.